The highest BCUT2D eigenvalue weighted by atomic mass is 35.5. The van der Waals surface area contributed by atoms with Crippen molar-refractivity contribution < 1.29 is 4.74 Å². The number of anilines is 2. The number of hydrogen-bond donors (Lipinski definition) is 1. The first-order valence-corrected chi connectivity index (χ1v) is 12.8. The van der Waals surface area contributed by atoms with Crippen LogP contribution in [0.1, 0.15) is 23.5 Å². The van der Waals surface area contributed by atoms with Crippen LogP contribution in [0.5, 0.6) is 0 Å². The first kappa shape index (κ1) is 23.0. The van der Waals surface area contributed by atoms with Gasteiger partial charge in [-0.3, -0.25) is 4.98 Å². The molecule has 6 nitrogen and oxygen atoms in total. The molecule has 0 aliphatic carbocycles. The minimum absolute atomic E-state index is 0.115. The lowest BCUT2D eigenvalue weighted by Gasteiger charge is -2.31. The van der Waals surface area contributed by atoms with Crippen molar-refractivity contribution in [1.29, 1.82) is 0 Å². The average Bonchev–Trinajstić information content (AvgIpc) is 3.54. The highest BCUT2D eigenvalue weighted by Gasteiger charge is 2.42. The summed E-state index contributed by atoms with van der Waals surface area (Å²) >= 11 is 12.3. The lowest BCUT2D eigenvalue weighted by Crippen LogP contribution is -2.36. The number of rotatable bonds is 5. The fraction of sp³-hybridized carbons (Fsp3) is 0.214. The van der Waals surface area contributed by atoms with Crippen molar-refractivity contribution >= 4 is 40.3 Å². The van der Waals surface area contributed by atoms with Gasteiger partial charge in [-0.2, -0.15) is 0 Å². The van der Waals surface area contributed by atoms with Crippen LogP contribution < -0.4 is 15.1 Å². The number of benzene rings is 2. The normalized spacial score (nSPS) is 20.0. The van der Waals surface area contributed by atoms with Crippen molar-refractivity contribution in [2.24, 2.45) is 0 Å². The quantitative estimate of drug-likeness (QED) is 0.352. The smallest absolute Gasteiger partial charge is 0.174 e. The molecule has 36 heavy (non-hydrogen) atoms. The van der Waals surface area contributed by atoms with E-state index in [1.165, 1.54) is 5.69 Å². The van der Waals surface area contributed by atoms with Gasteiger partial charge >= 0.3 is 0 Å². The van der Waals surface area contributed by atoms with E-state index >= 15 is 0 Å². The average molecular weight is 516 g/mol. The van der Waals surface area contributed by atoms with Gasteiger partial charge in [0, 0.05) is 53.3 Å². The van der Waals surface area contributed by atoms with E-state index in [-0.39, 0.29) is 12.1 Å². The molecule has 2 atom stereocenters. The van der Waals surface area contributed by atoms with Gasteiger partial charge in [0.2, 0.25) is 0 Å². The van der Waals surface area contributed by atoms with E-state index in [2.05, 4.69) is 73.3 Å². The maximum absolute atomic E-state index is 6.35. The summed E-state index contributed by atoms with van der Waals surface area (Å²) in [7, 11) is 0. The second-order valence-electron chi connectivity index (χ2n) is 8.90. The first-order valence-electron chi connectivity index (χ1n) is 12.1. The number of aromatic nitrogens is 2. The monoisotopic (exact) mass is 515 g/mol. The minimum Gasteiger partial charge on any atom is -0.378 e. The van der Waals surface area contributed by atoms with Gasteiger partial charge in [0.1, 0.15) is 6.04 Å². The van der Waals surface area contributed by atoms with Crippen molar-refractivity contribution in [2.45, 2.75) is 12.1 Å². The molecule has 0 radical (unpaired) electrons. The Hall–Kier alpha value is -3.39. The summed E-state index contributed by atoms with van der Waals surface area (Å²) in [5, 5.41) is 4.93. The van der Waals surface area contributed by atoms with Gasteiger partial charge in [-0.15, -0.1) is 0 Å². The number of nitrogens with zero attached hydrogens (tertiary/aromatic N) is 4. The molecule has 1 N–H and O–H groups in total. The lowest BCUT2D eigenvalue weighted by molar-refractivity contribution is 0.122. The molecule has 2 aromatic carbocycles. The number of halogens is 1. The Morgan fingerprint density at radius 1 is 0.889 bits per heavy atom. The highest BCUT2D eigenvalue weighted by molar-refractivity contribution is 7.80. The van der Waals surface area contributed by atoms with E-state index in [4.69, 9.17) is 28.6 Å². The van der Waals surface area contributed by atoms with Crippen LogP contribution in [0.15, 0.2) is 91.3 Å². The molecule has 182 valence electrons. The number of morpholine rings is 1. The van der Waals surface area contributed by atoms with Crippen molar-refractivity contribution in [3.05, 3.63) is 108 Å². The van der Waals surface area contributed by atoms with Crippen LogP contribution in [-0.2, 0) is 4.74 Å². The summed E-state index contributed by atoms with van der Waals surface area (Å²) in [4.78, 5) is 9.23. The van der Waals surface area contributed by atoms with Crippen LogP contribution in [0.3, 0.4) is 0 Å². The van der Waals surface area contributed by atoms with Crippen LogP contribution in [0.25, 0.3) is 5.69 Å². The Balaban J connectivity index is 1.42. The number of nitrogens with one attached hydrogen (secondary N) is 1. The Morgan fingerprint density at radius 2 is 1.69 bits per heavy atom. The number of pyridine rings is 1. The number of hydrogen-bond acceptors (Lipinski definition) is 4. The molecule has 4 heterocycles. The van der Waals surface area contributed by atoms with E-state index < -0.39 is 0 Å². The lowest BCUT2D eigenvalue weighted by atomic mass is 10.0. The highest BCUT2D eigenvalue weighted by Crippen LogP contribution is 2.42. The molecule has 0 unspecified atom stereocenters. The van der Waals surface area contributed by atoms with Crippen molar-refractivity contribution in [2.75, 3.05) is 36.1 Å². The van der Waals surface area contributed by atoms with Gasteiger partial charge in [0.25, 0.3) is 0 Å². The van der Waals surface area contributed by atoms with Gasteiger partial charge < -0.3 is 24.4 Å². The summed E-state index contributed by atoms with van der Waals surface area (Å²) in [5.74, 6) is 0. The molecule has 4 aromatic rings. The van der Waals surface area contributed by atoms with Gasteiger partial charge in [-0.05, 0) is 78.9 Å². The topological polar surface area (TPSA) is 45.6 Å². The second kappa shape index (κ2) is 9.93. The molecule has 2 aromatic heterocycles. The van der Waals surface area contributed by atoms with Gasteiger partial charge in [-0.25, -0.2) is 0 Å². The van der Waals surface area contributed by atoms with Crippen LogP contribution in [-0.4, -0.2) is 41.0 Å². The fourth-order valence-electron chi connectivity index (χ4n) is 5.08. The minimum atomic E-state index is -0.120. The summed E-state index contributed by atoms with van der Waals surface area (Å²) in [6, 6.07) is 26.5. The molecule has 0 saturated carbocycles. The third-order valence-corrected chi connectivity index (χ3v) is 7.32. The van der Waals surface area contributed by atoms with E-state index in [1.807, 2.05) is 42.6 Å². The van der Waals surface area contributed by atoms with Crippen LogP contribution in [0.4, 0.5) is 11.4 Å². The Kier molecular flexibility index (Phi) is 6.35. The Labute approximate surface area is 221 Å². The van der Waals surface area contributed by atoms with Gasteiger partial charge in [-0.1, -0.05) is 23.7 Å². The zero-order valence-corrected chi connectivity index (χ0v) is 21.2. The molecule has 0 amide bonds. The van der Waals surface area contributed by atoms with Gasteiger partial charge in [0.15, 0.2) is 5.11 Å². The van der Waals surface area contributed by atoms with E-state index in [9.17, 15) is 0 Å². The zero-order chi connectivity index (χ0) is 24.5. The third-order valence-electron chi connectivity index (χ3n) is 6.77. The SMILES string of the molecule is S=C1N[C@@H](c2ccccn2)[C@@H](c2cccn2-c2cccc(Cl)c2)N1c1ccc(N2CCOCC2)cc1. The molecule has 2 fully saturated rings. The molecular weight excluding hydrogens is 490 g/mol. The molecule has 8 heteroatoms. The van der Waals surface area contributed by atoms with Crippen molar-refractivity contribution in [3.63, 3.8) is 0 Å². The van der Waals surface area contributed by atoms with Crippen LogP contribution in [0, 0.1) is 0 Å². The molecular formula is C28H26ClN5OS. The molecule has 2 saturated heterocycles. The predicted molar refractivity (Wildman–Crippen MR) is 148 cm³/mol. The Bertz CT molecular complexity index is 1350. The maximum atomic E-state index is 6.35. The summed E-state index contributed by atoms with van der Waals surface area (Å²) < 4.78 is 7.69. The zero-order valence-electron chi connectivity index (χ0n) is 19.6. The fourth-order valence-corrected chi connectivity index (χ4v) is 5.61. The van der Waals surface area contributed by atoms with Crippen LogP contribution >= 0.6 is 23.8 Å². The third kappa shape index (κ3) is 4.34. The summed E-state index contributed by atoms with van der Waals surface area (Å²) in [6.07, 6.45) is 3.89. The number of thiocarbonyl (C=S) groups is 1. The van der Waals surface area contributed by atoms with Crippen molar-refractivity contribution in [1.82, 2.24) is 14.9 Å². The van der Waals surface area contributed by atoms with E-state index in [0.717, 1.165) is 49.1 Å². The molecule has 0 spiro atoms. The van der Waals surface area contributed by atoms with Gasteiger partial charge in [0.05, 0.1) is 24.9 Å². The largest absolute Gasteiger partial charge is 0.378 e. The molecule has 6 rings (SSSR count). The summed E-state index contributed by atoms with van der Waals surface area (Å²) in [6.45, 7) is 3.33. The van der Waals surface area contributed by atoms with Crippen molar-refractivity contribution in [3.8, 4) is 5.69 Å². The summed E-state index contributed by atoms with van der Waals surface area (Å²) in [5.41, 5.74) is 5.27. The van der Waals surface area contributed by atoms with E-state index in [0.29, 0.717) is 10.1 Å². The maximum Gasteiger partial charge on any atom is 0.174 e. The Morgan fingerprint density at radius 3 is 2.44 bits per heavy atom. The predicted octanol–water partition coefficient (Wildman–Crippen LogP) is 5.54. The standard InChI is InChI=1S/C28H26ClN5OS/c29-20-5-3-6-23(19-20)33-14-4-8-25(33)27-26(24-7-1-2-13-30-24)31-28(36)34(27)22-11-9-21(10-12-22)32-15-17-35-18-16-32/h1-14,19,26-27H,15-18H2,(H,31,36)/t26-,27+/m0/s1. The molecule has 0 bridgehead atoms. The molecule has 2 aliphatic rings. The first-order chi connectivity index (χ1) is 17.7. The van der Waals surface area contributed by atoms with E-state index in [1.54, 1.807) is 0 Å². The number of ether oxygens (including phenoxy) is 1. The van der Waals surface area contributed by atoms with Crippen LogP contribution in [0.2, 0.25) is 5.02 Å². The molecule has 2 aliphatic heterocycles. The second-order valence-corrected chi connectivity index (χ2v) is 9.72.